The lowest BCUT2D eigenvalue weighted by molar-refractivity contribution is 0.0486. The maximum Gasteiger partial charge on any atom is 0.338 e. The largest absolute Gasteiger partial charge is 0.490 e. The summed E-state index contributed by atoms with van der Waals surface area (Å²) in [5.41, 5.74) is 1.57. The Morgan fingerprint density at radius 2 is 1.41 bits per heavy atom. The van der Waals surface area contributed by atoms with Crippen LogP contribution in [0.1, 0.15) is 22.3 Å². The first-order valence-corrected chi connectivity index (χ1v) is 9.90. The average Bonchev–Trinajstić information content (AvgIpc) is 2.75. The molecule has 0 aliphatic heterocycles. The van der Waals surface area contributed by atoms with E-state index in [0.29, 0.717) is 46.7 Å². The first-order valence-electron chi connectivity index (χ1n) is 9.14. The van der Waals surface area contributed by atoms with Crippen LogP contribution in [0, 0.1) is 0 Å². The topological polar surface area (TPSA) is 44.8 Å². The van der Waals surface area contributed by atoms with Gasteiger partial charge in [-0.3, -0.25) is 0 Å². The number of carbonyl (C=O) groups excluding carboxylic acids is 1. The van der Waals surface area contributed by atoms with E-state index in [4.69, 9.17) is 37.4 Å². The Morgan fingerprint density at radius 1 is 0.793 bits per heavy atom. The molecule has 0 saturated heterocycles. The molecule has 150 valence electrons. The molecule has 3 aromatic rings. The van der Waals surface area contributed by atoms with Crippen molar-refractivity contribution < 1.29 is 19.0 Å². The van der Waals surface area contributed by atoms with Gasteiger partial charge in [-0.2, -0.15) is 0 Å². The average molecular weight is 431 g/mol. The van der Waals surface area contributed by atoms with Gasteiger partial charge in [0.05, 0.1) is 28.8 Å². The minimum absolute atomic E-state index is 0.237. The van der Waals surface area contributed by atoms with Crippen molar-refractivity contribution in [2.24, 2.45) is 0 Å². The maximum absolute atomic E-state index is 11.9. The highest BCUT2D eigenvalue weighted by molar-refractivity contribution is 6.37. The summed E-state index contributed by atoms with van der Waals surface area (Å²) in [6.07, 6.45) is 0.511. The fourth-order valence-corrected chi connectivity index (χ4v) is 3.13. The van der Waals surface area contributed by atoms with Crippen molar-refractivity contribution >= 4 is 29.2 Å². The van der Waals surface area contributed by atoms with Gasteiger partial charge in [0, 0.05) is 18.6 Å². The van der Waals surface area contributed by atoms with Crippen LogP contribution >= 0.6 is 23.2 Å². The summed E-state index contributed by atoms with van der Waals surface area (Å²) in [6, 6.07) is 22.0. The SMILES string of the molecule is O=C(OCCCOc1c(Cl)cc(OCc2ccccc2)cc1Cl)c1ccccc1. The van der Waals surface area contributed by atoms with E-state index < -0.39 is 0 Å². The summed E-state index contributed by atoms with van der Waals surface area (Å²) in [4.78, 5) is 11.9. The van der Waals surface area contributed by atoms with E-state index in [-0.39, 0.29) is 12.6 Å². The van der Waals surface area contributed by atoms with Crippen molar-refractivity contribution in [1.82, 2.24) is 0 Å². The highest BCUT2D eigenvalue weighted by Crippen LogP contribution is 2.37. The van der Waals surface area contributed by atoms with Crippen molar-refractivity contribution in [3.63, 3.8) is 0 Å². The van der Waals surface area contributed by atoms with Crippen LogP contribution in [0.4, 0.5) is 0 Å². The highest BCUT2D eigenvalue weighted by Gasteiger charge is 2.11. The summed E-state index contributed by atoms with van der Waals surface area (Å²) in [7, 11) is 0. The lowest BCUT2D eigenvalue weighted by Gasteiger charge is -2.13. The molecule has 3 rings (SSSR count). The number of halogens is 2. The number of carbonyl (C=O) groups is 1. The van der Waals surface area contributed by atoms with Crippen LogP contribution in [0.25, 0.3) is 0 Å². The van der Waals surface area contributed by atoms with Crippen LogP contribution in [0.15, 0.2) is 72.8 Å². The van der Waals surface area contributed by atoms with Crippen molar-refractivity contribution in [2.45, 2.75) is 13.0 Å². The molecule has 0 amide bonds. The van der Waals surface area contributed by atoms with E-state index in [0.717, 1.165) is 5.56 Å². The predicted octanol–water partition coefficient (Wildman–Crippen LogP) is 6.20. The highest BCUT2D eigenvalue weighted by atomic mass is 35.5. The third kappa shape index (κ3) is 6.41. The molecule has 0 N–H and O–H groups in total. The molecule has 3 aromatic carbocycles. The van der Waals surface area contributed by atoms with Crippen LogP contribution in [0.2, 0.25) is 10.0 Å². The van der Waals surface area contributed by atoms with E-state index in [1.54, 1.807) is 36.4 Å². The lowest BCUT2D eigenvalue weighted by Crippen LogP contribution is -2.09. The lowest BCUT2D eigenvalue weighted by atomic mass is 10.2. The minimum Gasteiger partial charge on any atom is -0.490 e. The van der Waals surface area contributed by atoms with Gasteiger partial charge in [-0.05, 0) is 17.7 Å². The van der Waals surface area contributed by atoms with Crippen molar-refractivity contribution in [2.75, 3.05) is 13.2 Å². The minimum atomic E-state index is -0.360. The zero-order chi connectivity index (χ0) is 20.5. The van der Waals surface area contributed by atoms with Gasteiger partial charge in [-0.1, -0.05) is 71.7 Å². The Labute approximate surface area is 179 Å². The molecule has 0 bridgehead atoms. The normalized spacial score (nSPS) is 10.4. The molecule has 0 aromatic heterocycles. The standard InChI is InChI=1S/C23H20Cl2O4/c24-20-14-19(29-16-17-8-3-1-4-9-17)15-21(25)22(20)27-12-7-13-28-23(26)18-10-5-2-6-11-18/h1-6,8-11,14-15H,7,12-13,16H2. The number of hydrogen-bond donors (Lipinski definition) is 0. The Morgan fingerprint density at radius 3 is 2.07 bits per heavy atom. The van der Waals surface area contributed by atoms with E-state index >= 15 is 0 Å². The van der Waals surface area contributed by atoms with Crippen LogP contribution in [-0.2, 0) is 11.3 Å². The van der Waals surface area contributed by atoms with Gasteiger partial charge in [0.25, 0.3) is 0 Å². The molecule has 29 heavy (non-hydrogen) atoms. The third-order valence-corrected chi connectivity index (χ3v) is 4.56. The molecule has 0 saturated carbocycles. The second-order valence-corrected chi connectivity index (χ2v) is 7.01. The number of hydrogen-bond acceptors (Lipinski definition) is 4. The zero-order valence-corrected chi connectivity index (χ0v) is 17.2. The van der Waals surface area contributed by atoms with Crippen molar-refractivity contribution in [3.8, 4) is 11.5 Å². The van der Waals surface area contributed by atoms with Crippen molar-refractivity contribution in [3.05, 3.63) is 94.0 Å². The summed E-state index contributed by atoms with van der Waals surface area (Å²) in [5, 5.41) is 0.726. The van der Waals surface area contributed by atoms with Gasteiger partial charge in [0.2, 0.25) is 0 Å². The Balaban J connectivity index is 1.45. The quantitative estimate of drug-likeness (QED) is 0.299. The first kappa shape index (κ1) is 21.0. The first-order chi connectivity index (χ1) is 14.1. The van der Waals surface area contributed by atoms with Crippen LogP contribution in [0.5, 0.6) is 11.5 Å². The maximum atomic E-state index is 11.9. The molecule has 0 fully saturated rings. The molecule has 0 heterocycles. The smallest absolute Gasteiger partial charge is 0.338 e. The van der Waals surface area contributed by atoms with Crippen LogP contribution in [0.3, 0.4) is 0 Å². The molecule has 6 heteroatoms. The third-order valence-electron chi connectivity index (χ3n) is 4.00. The Kier molecular flexibility index (Phi) is 7.79. The molecule has 0 unspecified atom stereocenters. The summed E-state index contributed by atoms with van der Waals surface area (Å²) in [5.74, 6) is 0.587. The second-order valence-electron chi connectivity index (χ2n) is 6.19. The van der Waals surface area contributed by atoms with Crippen LogP contribution < -0.4 is 9.47 Å². The van der Waals surface area contributed by atoms with Gasteiger partial charge >= 0.3 is 5.97 Å². The fourth-order valence-electron chi connectivity index (χ4n) is 2.55. The number of esters is 1. The van der Waals surface area contributed by atoms with E-state index in [9.17, 15) is 4.79 Å². The van der Waals surface area contributed by atoms with E-state index in [1.807, 2.05) is 36.4 Å². The van der Waals surface area contributed by atoms with Crippen molar-refractivity contribution in [1.29, 1.82) is 0 Å². The fraction of sp³-hybridized carbons (Fsp3) is 0.174. The van der Waals surface area contributed by atoms with E-state index in [1.165, 1.54) is 0 Å². The zero-order valence-electron chi connectivity index (χ0n) is 15.6. The van der Waals surface area contributed by atoms with Gasteiger partial charge in [0.1, 0.15) is 12.4 Å². The number of benzene rings is 3. The molecule has 4 nitrogen and oxygen atoms in total. The van der Waals surface area contributed by atoms with E-state index in [2.05, 4.69) is 0 Å². The monoisotopic (exact) mass is 430 g/mol. The Hall–Kier alpha value is -2.69. The molecule has 0 aliphatic rings. The number of rotatable bonds is 9. The van der Waals surface area contributed by atoms with Gasteiger partial charge in [-0.25, -0.2) is 4.79 Å². The summed E-state index contributed by atoms with van der Waals surface area (Å²) in [6.45, 7) is 0.966. The predicted molar refractivity (Wildman–Crippen MR) is 114 cm³/mol. The molecular formula is C23H20Cl2O4. The van der Waals surface area contributed by atoms with Crippen LogP contribution in [-0.4, -0.2) is 19.2 Å². The molecule has 0 aliphatic carbocycles. The molecule has 0 spiro atoms. The molecule has 0 atom stereocenters. The second kappa shape index (κ2) is 10.7. The van der Waals surface area contributed by atoms with Gasteiger partial charge in [-0.15, -0.1) is 0 Å². The summed E-state index contributed by atoms with van der Waals surface area (Å²) >= 11 is 12.6. The molecular weight excluding hydrogens is 411 g/mol. The summed E-state index contributed by atoms with van der Waals surface area (Å²) < 4.78 is 16.6. The van der Waals surface area contributed by atoms with Gasteiger partial charge < -0.3 is 14.2 Å². The van der Waals surface area contributed by atoms with Gasteiger partial charge in [0.15, 0.2) is 5.75 Å². The Bertz CT molecular complexity index is 907. The number of ether oxygens (including phenoxy) is 3. The molecule has 0 radical (unpaired) electrons.